The summed E-state index contributed by atoms with van der Waals surface area (Å²) in [5.74, 6) is 3.30. The zero-order valence-electron chi connectivity index (χ0n) is 21.7. The molecule has 41 heavy (non-hydrogen) atoms. The van der Waals surface area contributed by atoms with Gasteiger partial charge in [0.05, 0.1) is 11.3 Å². The van der Waals surface area contributed by atoms with E-state index in [1.807, 2.05) is 41.7 Å². The largest absolute Gasteiger partial charge is 0.456 e. The molecule has 7 aromatic rings. The lowest BCUT2D eigenvalue weighted by Gasteiger charge is -2.37. The van der Waals surface area contributed by atoms with Gasteiger partial charge in [-0.1, -0.05) is 96.7 Å². The van der Waals surface area contributed by atoms with Crippen LogP contribution in [0.2, 0.25) is 0 Å². The highest BCUT2D eigenvalue weighted by atomic mass is 32.4. The topological polar surface area (TPSA) is 18.5 Å². The smallest absolute Gasteiger partial charge is 0.140 e. The van der Waals surface area contributed by atoms with Crippen molar-refractivity contribution in [2.75, 3.05) is 0 Å². The number of hydrogen-bond acceptors (Lipinski definition) is 4. The summed E-state index contributed by atoms with van der Waals surface area (Å²) in [6, 6.07) is 42.5. The van der Waals surface area contributed by atoms with Gasteiger partial charge >= 0.3 is 0 Å². The molecule has 0 radical (unpaired) electrons. The van der Waals surface area contributed by atoms with E-state index in [-0.39, 0.29) is 0 Å². The first-order valence-corrected chi connectivity index (χ1v) is 17.1. The van der Waals surface area contributed by atoms with E-state index in [4.69, 9.17) is 21.3 Å². The fourth-order valence-corrected chi connectivity index (χ4v) is 12.0. The Morgan fingerprint density at radius 2 is 1.15 bits per heavy atom. The molecule has 3 heterocycles. The minimum absolute atomic E-state index is 0.806. The molecular weight excluding hydrogens is 560 g/mol. The number of thiophene rings is 1. The van der Waals surface area contributed by atoms with Crippen LogP contribution in [0.4, 0.5) is 0 Å². The van der Waals surface area contributed by atoms with Crippen LogP contribution in [0.15, 0.2) is 127 Å². The van der Waals surface area contributed by atoms with Gasteiger partial charge < -0.3 is 9.47 Å². The van der Waals surface area contributed by atoms with Crippen molar-refractivity contribution in [3.63, 3.8) is 0 Å². The summed E-state index contributed by atoms with van der Waals surface area (Å²) in [5.41, 5.74) is 4.78. The van der Waals surface area contributed by atoms with Gasteiger partial charge in [0.25, 0.3) is 0 Å². The van der Waals surface area contributed by atoms with Crippen molar-refractivity contribution in [2.24, 2.45) is 0 Å². The standard InChI is InChI=1S/C36H21O2PS2/c40-39-32-13-3-2-10-28(32)37-30-11-6-12-31(35(30)39)38-29-20-19-24(21-33(29)39)22-15-17-23(18-16-22)25-8-5-9-27-26-7-1-4-14-34(26)41-36(25)27/h1-21H. The Morgan fingerprint density at radius 1 is 0.512 bits per heavy atom. The molecule has 2 aliphatic rings. The Labute approximate surface area is 246 Å². The van der Waals surface area contributed by atoms with Crippen molar-refractivity contribution < 1.29 is 9.47 Å². The van der Waals surface area contributed by atoms with Crippen molar-refractivity contribution in [1.29, 1.82) is 0 Å². The third-order valence-electron chi connectivity index (χ3n) is 8.15. The van der Waals surface area contributed by atoms with Crippen molar-refractivity contribution in [2.45, 2.75) is 0 Å². The molecule has 2 nitrogen and oxygen atoms in total. The van der Waals surface area contributed by atoms with Crippen molar-refractivity contribution in [3.8, 4) is 45.3 Å². The zero-order chi connectivity index (χ0) is 27.1. The fourth-order valence-electron chi connectivity index (χ4n) is 6.23. The first kappa shape index (κ1) is 23.5. The van der Waals surface area contributed by atoms with E-state index in [0.717, 1.165) is 50.0 Å². The van der Waals surface area contributed by atoms with E-state index in [9.17, 15) is 0 Å². The number of benzene rings is 6. The minimum atomic E-state index is -2.38. The summed E-state index contributed by atoms with van der Waals surface area (Å²) in [6.45, 7) is 0. The minimum Gasteiger partial charge on any atom is -0.456 e. The average Bonchev–Trinajstić information content (AvgIpc) is 3.40. The molecule has 1 aromatic heterocycles. The molecule has 5 heteroatoms. The molecule has 0 bridgehead atoms. The number of fused-ring (bicyclic) bond motifs is 7. The van der Waals surface area contributed by atoms with Crippen LogP contribution in [0, 0.1) is 0 Å². The summed E-state index contributed by atoms with van der Waals surface area (Å²) in [7, 11) is 0. The van der Waals surface area contributed by atoms with Gasteiger partial charge in [0.2, 0.25) is 0 Å². The zero-order valence-corrected chi connectivity index (χ0v) is 24.2. The van der Waals surface area contributed by atoms with Gasteiger partial charge in [0.1, 0.15) is 23.0 Å². The number of rotatable bonds is 2. The average molecular weight is 581 g/mol. The predicted octanol–water partition coefficient (Wildman–Crippen LogP) is 9.36. The molecule has 0 fully saturated rings. The summed E-state index contributed by atoms with van der Waals surface area (Å²) in [5, 5.41) is 5.83. The highest BCUT2D eigenvalue weighted by Gasteiger charge is 2.42. The Hall–Kier alpha value is -4.21. The molecule has 0 N–H and O–H groups in total. The van der Waals surface area contributed by atoms with E-state index < -0.39 is 6.04 Å². The Kier molecular flexibility index (Phi) is 4.95. The number of hydrogen-bond donors (Lipinski definition) is 0. The first-order valence-electron chi connectivity index (χ1n) is 13.5. The normalized spacial score (nSPS) is 16.4. The van der Waals surface area contributed by atoms with Crippen LogP contribution >= 0.6 is 17.4 Å². The molecule has 1 atom stereocenters. The molecule has 0 spiro atoms. The second-order valence-corrected chi connectivity index (χ2v) is 15.7. The van der Waals surface area contributed by atoms with Gasteiger partial charge in [-0.2, -0.15) is 0 Å². The predicted molar refractivity (Wildman–Crippen MR) is 176 cm³/mol. The maximum atomic E-state index is 6.68. The maximum absolute atomic E-state index is 6.68. The van der Waals surface area contributed by atoms with Crippen molar-refractivity contribution in [1.82, 2.24) is 0 Å². The summed E-state index contributed by atoms with van der Waals surface area (Å²) in [4.78, 5) is 0. The van der Waals surface area contributed by atoms with Gasteiger partial charge in [-0.15, -0.1) is 11.3 Å². The van der Waals surface area contributed by atoms with E-state index >= 15 is 0 Å². The van der Waals surface area contributed by atoms with Crippen LogP contribution in [-0.4, -0.2) is 0 Å². The SMILES string of the molecule is S=P12c3ccccc3Oc3cccc(c31)Oc1ccc(-c3ccc(-c4cccc5c4sc4ccccc45)cc3)cc12. The van der Waals surface area contributed by atoms with Crippen molar-refractivity contribution >= 4 is 65.3 Å². The van der Waals surface area contributed by atoms with Gasteiger partial charge in [-0.3, -0.25) is 0 Å². The van der Waals surface area contributed by atoms with Crippen LogP contribution in [0.5, 0.6) is 23.0 Å². The lowest BCUT2D eigenvalue weighted by molar-refractivity contribution is 0.466. The van der Waals surface area contributed by atoms with E-state index in [0.29, 0.717) is 0 Å². The number of ether oxygens (including phenoxy) is 2. The molecule has 1 unspecified atom stereocenters. The molecule has 9 rings (SSSR count). The van der Waals surface area contributed by atoms with Crippen molar-refractivity contribution in [3.05, 3.63) is 127 Å². The van der Waals surface area contributed by atoms with Crippen LogP contribution in [0.25, 0.3) is 42.4 Å². The van der Waals surface area contributed by atoms with E-state index in [2.05, 4.69) is 97.1 Å². The molecule has 0 amide bonds. The highest BCUT2D eigenvalue weighted by molar-refractivity contribution is 8.26. The molecule has 0 saturated heterocycles. The fraction of sp³-hybridized carbons (Fsp3) is 0. The Balaban J connectivity index is 1.17. The molecular formula is C36H21O2PS2. The van der Waals surface area contributed by atoms with E-state index in [1.165, 1.54) is 31.3 Å². The Bertz CT molecular complexity index is 2230. The Morgan fingerprint density at radius 3 is 2.00 bits per heavy atom. The van der Waals surface area contributed by atoms with Gasteiger partial charge in [-0.25, -0.2) is 0 Å². The lowest BCUT2D eigenvalue weighted by Crippen LogP contribution is -2.34. The maximum Gasteiger partial charge on any atom is 0.140 e. The van der Waals surface area contributed by atoms with Crippen LogP contribution in [0.1, 0.15) is 0 Å². The molecule has 6 aromatic carbocycles. The van der Waals surface area contributed by atoms with Gasteiger partial charge in [0, 0.05) is 30.8 Å². The summed E-state index contributed by atoms with van der Waals surface area (Å²) < 4.78 is 15.4. The molecule has 0 saturated carbocycles. The molecule has 2 aliphatic heterocycles. The number of para-hydroxylation sites is 1. The van der Waals surface area contributed by atoms with E-state index in [1.54, 1.807) is 0 Å². The van der Waals surface area contributed by atoms with Gasteiger partial charge in [-0.05, 0) is 64.7 Å². The molecule has 194 valence electrons. The third-order valence-corrected chi connectivity index (χ3v) is 14.2. The lowest BCUT2D eigenvalue weighted by atomic mass is 9.99. The second-order valence-electron chi connectivity index (χ2n) is 10.4. The quantitative estimate of drug-likeness (QED) is 0.190. The molecule has 0 aliphatic carbocycles. The summed E-state index contributed by atoms with van der Waals surface area (Å²) in [6.07, 6.45) is 0. The summed E-state index contributed by atoms with van der Waals surface area (Å²) >= 11 is 8.54. The first-order chi connectivity index (χ1) is 20.2. The van der Waals surface area contributed by atoms with Gasteiger partial charge in [0.15, 0.2) is 0 Å². The second kappa shape index (κ2) is 8.64. The van der Waals surface area contributed by atoms with Crippen LogP contribution in [-0.2, 0) is 11.8 Å². The van der Waals surface area contributed by atoms with Crippen LogP contribution in [0.3, 0.4) is 0 Å². The third kappa shape index (κ3) is 3.33. The highest BCUT2D eigenvalue weighted by Crippen LogP contribution is 2.58. The monoisotopic (exact) mass is 580 g/mol. The van der Waals surface area contributed by atoms with Crippen LogP contribution < -0.4 is 25.4 Å².